The molecule has 1 aromatic heterocycles. The van der Waals surface area contributed by atoms with Gasteiger partial charge < -0.3 is 10.6 Å². The monoisotopic (exact) mass is 390 g/mol. The molecule has 6 heteroatoms. The van der Waals surface area contributed by atoms with Gasteiger partial charge in [0.25, 0.3) is 0 Å². The lowest BCUT2D eigenvalue weighted by Crippen LogP contribution is -2.40. The molecular formula is C23H23FN4O. The summed E-state index contributed by atoms with van der Waals surface area (Å²) in [6.45, 7) is 0.650. The average molecular weight is 390 g/mol. The molecule has 2 aromatic carbocycles. The molecule has 1 aliphatic rings. The normalized spacial score (nSPS) is 16.6. The number of amides is 1. The fourth-order valence-electron chi connectivity index (χ4n) is 3.94. The summed E-state index contributed by atoms with van der Waals surface area (Å²) in [5.41, 5.74) is 8.47. The second-order valence-corrected chi connectivity index (χ2v) is 7.27. The van der Waals surface area contributed by atoms with Crippen LogP contribution in [0.4, 0.5) is 10.3 Å². The van der Waals surface area contributed by atoms with Crippen molar-refractivity contribution in [2.75, 3.05) is 12.3 Å². The van der Waals surface area contributed by atoms with Gasteiger partial charge in [0.2, 0.25) is 11.9 Å². The lowest BCUT2D eigenvalue weighted by atomic mass is 9.93. The van der Waals surface area contributed by atoms with E-state index in [4.69, 9.17) is 5.73 Å². The molecule has 0 unspecified atom stereocenters. The van der Waals surface area contributed by atoms with Gasteiger partial charge in [-0.2, -0.15) is 0 Å². The maximum atomic E-state index is 14.5. The molecule has 0 radical (unpaired) electrons. The van der Waals surface area contributed by atoms with E-state index < -0.39 is 0 Å². The molecule has 2 N–H and O–H groups in total. The van der Waals surface area contributed by atoms with Gasteiger partial charge >= 0.3 is 0 Å². The van der Waals surface area contributed by atoms with Crippen molar-refractivity contribution in [1.82, 2.24) is 14.9 Å². The van der Waals surface area contributed by atoms with Gasteiger partial charge in [0.15, 0.2) is 0 Å². The second-order valence-electron chi connectivity index (χ2n) is 7.27. The van der Waals surface area contributed by atoms with Crippen LogP contribution in [-0.4, -0.2) is 27.3 Å². The number of halogens is 1. The Morgan fingerprint density at radius 3 is 2.62 bits per heavy atom. The van der Waals surface area contributed by atoms with Crippen molar-refractivity contribution < 1.29 is 9.18 Å². The molecule has 0 saturated carbocycles. The zero-order valence-electron chi connectivity index (χ0n) is 16.1. The number of piperidine rings is 1. The Kier molecular flexibility index (Phi) is 5.51. The van der Waals surface area contributed by atoms with Crippen LogP contribution in [0.25, 0.3) is 11.1 Å². The first-order valence-corrected chi connectivity index (χ1v) is 9.84. The molecule has 2 heterocycles. The summed E-state index contributed by atoms with van der Waals surface area (Å²) in [6.07, 6.45) is 4.56. The van der Waals surface area contributed by atoms with Gasteiger partial charge in [0, 0.05) is 23.9 Å². The quantitative estimate of drug-likeness (QED) is 0.726. The van der Waals surface area contributed by atoms with Crippen LogP contribution in [0.5, 0.6) is 0 Å². The molecule has 1 atom stereocenters. The zero-order chi connectivity index (χ0) is 20.2. The number of hydrogen-bond acceptors (Lipinski definition) is 4. The summed E-state index contributed by atoms with van der Waals surface area (Å²) in [6, 6.07) is 16.0. The van der Waals surface area contributed by atoms with E-state index in [-0.39, 0.29) is 23.7 Å². The number of carbonyl (C=O) groups excluding carboxylic acids is 1. The number of nitrogens with zero attached hydrogens (tertiary/aromatic N) is 3. The molecule has 148 valence electrons. The number of nitrogen functional groups attached to an aromatic ring is 1. The predicted octanol–water partition coefficient (Wildman–Crippen LogP) is 4.16. The third-order valence-corrected chi connectivity index (χ3v) is 5.34. The topological polar surface area (TPSA) is 72.1 Å². The van der Waals surface area contributed by atoms with E-state index in [0.29, 0.717) is 29.8 Å². The molecule has 3 aromatic rings. The third kappa shape index (κ3) is 4.11. The third-order valence-electron chi connectivity index (χ3n) is 5.34. The van der Waals surface area contributed by atoms with E-state index in [1.165, 1.54) is 6.07 Å². The summed E-state index contributed by atoms with van der Waals surface area (Å²) in [5.74, 6) is -0.182. The van der Waals surface area contributed by atoms with Gasteiger partial charge in [0.05, 0.1) is 18.2 Å². The number of anilines is 1. The van der Waals surface area contributed by atoms with E-state index in [0.717, 1.165) is 24.8 Å². The maximum Gasteiger partial charge on any atom is 0.227 e. The molecule has 1 amide bonds. The molecule has 1 fully saturated rings. The Balaban J connectivity index is 1.71. The van der Waals surface area contributed by atoms with Gasteiger partial charge in [0.1, 0.15) is 5.82 Å². The Bertz CT molecular complexity index is 1010. The lowest BCUT2D eigenvalue weighted by molar-refractivity contribution is -0.134. The highest BCUT2D eigenvalue weighted by molar-refractivity contribution is 5.80. The maximum absolute atomic E-state index is 14.5. The number of nitrogens with two attached hydrogens (primary N) is 1. The number of rotatable bonds is 4. The Morgan fingerprint density at radius 1 is 1.07 bits per heavy atom. The lowest BCUT2D eigenvalue weighted by Gasteiger charge is -2.36. The standard InChI is InChI=1S/C23H23FN4O/c24-19-11-5-4-10-17(19)18-15-26-23(25)27-22(18)20-12-6-7-13-28(20)21(29)14-16-8-2-1-3-9-16/h1-5,8-11,15,20H,6-7,12-14H2,(H2,25,26,27)/t20-/m0/s1. The van der Waals surface area contributed by atoms with E-state index >= 15 is 0 Å². The molecular weight excluding hydrogens is 367 g/mol. The first-order valence-electron chi connectivity index (χ1n) is 9.84. The minimum absolute atomic E-state index is 0.0394. The first-order chi connectivity index (χ1) is 14.1. The molecule has 0 spiro atoms. The van der Waals surface area contributed by atoms with Gasteiger partial charge in [-0.15, -0.1) is 0 Å². The van der Waals surface area contributed by atoms with Crippen LogP contribution in [0.15, 0.2) is 60.8 Å². The highest BCUT2D eigenvalue weighted by Gasteiger charge is 2.31. The van der Waals surface area contributed by atoms with E-state index in [1.54, 1.807) is 24.4 Å². The fourth-order valence-corrected chi connectivity index (χ4v) is 3.94. The van der Waals surface area contributed by atoms with Crippen LogP contribution < -0.4 is 5.73 Å². The number of hydrogen-bond donors (Lipinski definition) is 1. The van der Waals surface area contributed by atoms with Gasteiger partial charge in [-0.1, -0.05) is 48.5 Å². The molecule has 29 heavy (non-hydrogen) atoms. The zero-order valence-corrected chi connectivity index (χ0v) is 16.1. The molecule has 5 nitrogen and oxygen atoms in total. The van der Waals surface area contributed by atoms with Crippen LogP contribution in [0.3, 0.4) is 0 Å². The summed E-state index contributed by atoms with van der Waals surface area (Å²) < 4.78 is 14.5. The summed E-state index contributed by atoms with van der Waals surface area (Å²) in [7, 11) is 0. The second kappa shape index (κ2) is 8.39. The number of aromatic nitrogens is 2. The van der Waals surface area contributed by atoms with Crippen molar-refractivity contribution in [3.63, 3.8) is 0 Å². The summed E-state index contributed by atoms with van der Waals surface area (Å²) in [4.78, 5) is 23.5. The van der Waals surface area contributed by atoms with Crippen LogP contribution in [0.1, 0.15) is 36.6 Å². The van der Waals surface area contributed by atoms with Crippen molar-refractivity contribution in [2.24, 2.45) is 0 Å². The number of carbonyl (C=O) groups is 1. The Hall–Kier alpha value is -3.28. The molecule has 1 saturated heterocycles. The fraction of sp³-hybridized carbons (Fsp3) is 0.261. The highest BCUT2D eigenvalue weighted by atomic mass is 19.1. The number of benzene rings is 2. The van der Waals surface area contributed by atoms with Crippen molar-refractivity contribution in [3.8, 4) is 11.1 Å². The van der Waals surface area contributed by atoms with Crippen LogP contribution in [0.2, 0.25) is 0 Å². The minimum atomic E-state index is -0.347. The predicted molar refractivity (Wildman–Crippen MR) is 110 cm³/mol. The average Bonchev–Trinajstić information content (AvgIpc) is 2.75. The van der Waals surface area contributed by atoms with Crippen molar-refractivity contribution in [3.05, 3.63) is 77.9 Å². The minimum Gasteiger partial charge on any atom is -0.368 e. The van der Waals surface area contributed by atoms with E-state index in [2.05, 4.69) is 9.97 Å². The smallest absolute Gasteiger partial charge is 0.227 e. The van der Waals surface area contributed by atoms with Crippen molar-refractivity contribution in [1.29, 1.82) is 0 Å². The van der Waals surface area contributed by atoms with Gasteiger partial charge in [-0.05, 0) is 30.9 Å². The molecule has 1 aliphatic heterocycles. The highest BCUT2D eigenvalue weighted by Crippen LogP contribution is 2.37. The van der Waals surface area contributed by atoms with Crippen LogP contribution in [0, 0.1) is 5.82 Å². The number of likely N-dealkylation sites (tertiary alicyclic amines) is 1. The SMILES string of the molecule is Nc1ncc(-c2ccccc2F)c([C@@H]2CCCCN2C(=O)Cc2ccccc2)n1. The Morgan fingerprint density at radius 2 is 1.83 bits per heavy atom. The Labute approximate surface area is 169 Å². The van der Waals surface area contributed by atoms with Gasteiger partial charge in [-0.25, -0.2) is 14.4 Å². The van der Waals surface area contributed by atoms with E-state index in [1.807, 2.05) is 35.2 Å². The van der Waals surface area contributed by atoms with Crippen LogP contribution >= 0.6 is 0 Å². The summed E-state index contributed by atoms with van der Waals surface area (Å²) in [5, 5.41) is 0. The van der Waals surface area contributed by atoms with E-state index in [9.17, 15) is 9.18 Å². The summed E-state index contributed by atoms with van der Waals surface area (Å²) >= 11 is 0. The van der Waals surface area contributed by atoms with Crippen LogP contribution in [-0.2, 0) is 11.2 Å². The largest absolute Gasteiger partial charge is 0.368 e. The first kappa shape index (κ1) is 19.1. The van der Waals surface area contributed by atoms with Gasteiger partial charge in [-0.3, -0.25) is 4.79 Å². The molecule has 4 rings (SSSR count). The molecule has 0 bridgehead atoms. The molecule has 0 aliphatic carbocycles. The van der Waals surface area contributed by atoms with Crippen molar-refractivity contribution in [2.45, 2.75) is 31.7 Å². The van der Waals surface area contributed by atoms with Crippen molar-refractivity contribution >= 4 is 11.9 Å².